The number of nitrogens with zero attached hydrogens (tertiary/aromatic N) is 4. The number of hydrogen-bond acceptors (Lipinski definition) is 7. The molecule has 1 saturated heterocycles. The van der Waals surface area contributed by atoms with Gasteiger partial charge in [-0.1, -0.05) is 0 Å². The first-order valence-corrected chi connectivity index (χ1v) is 7.28. The average molecular weight is 297 g/mol. The molecule has 1 atom stereocenters. The summed E-state index contributed by atoms with van der Waals surface area (Å²) in [6.45, 7) is 3.36. The first kappa shape index (κ1) is 14.4. The number of anilines is 2. The molecule has 4 N–H and O–H groups in total. The fourth-order valence-corrected chi connectivity index (χ4v) is 2.81. The average Bonchev–Trinajstić information content (AvgIpc) is 2.97. The van der Waals surface area contributed by atoms with Crippen molar-refractivity contribution in [2.24, 2.45) is 5.92 Å². The van der Waals surface area contributed by atoms with E-state index in [0.29, 0.717) is 29.2 Å². The Bertz CT molecular complexity index is 740. The summed E-state index contributed by atoms with van der Waals surface area (Å²) < 4.78 is 0. The molecule has 0 spiro atoms. The molecule has 7 heteroatoms. The van der Waals surface area contributed by atoms with Crippen molar-refractivity contribution in [2.75, 3.05) is 23.7 Å². The van der Waals surface area contributed by atoms with Crippen LogP contribution in [-0.2, 0) is 0 Å². The topological polar surface area (TPSA) is 116 Å². The largest absolute Gasteiger partial charge is 0.382 e. The van der Waals surface area contributed by atoms with Gasteiger partial charge in [0.05, 0.1) is 5.52 Å². The van der Waals surface area contributed by atoms with E-state index in [1.54, 1.807) is 6.92 Å². The normalized spacial score (nSPS) is 17.9. The van der Waals surface area contributed by atoms with Gasteiger partial charge in [-0.15, -0.1) is 0 Å². The lowest BCUT2D eigenvalue weighted by Crippen LogP contribution is -2.24. The number of nitrogen functional groups attached to an aromatic ring is 1. The minimum Gasteiger partial charge on any atom is -0.382 e. The summed E-state index contributed by atoms with van der Waals surface area (Å²) in [5.74, 6) is 1.42. The zero-order valence-corrected chi connectivity index (χ0v) is 12.5. The summed E-state index contributed by atoms with van der Waals surface area (Å²) in [6.07, 6.45) is 2.82. The van der Waals surface area contributed by atoms with Crippen molar-refractivity contribution in [2.45, 2.75) is 19.8 Å². The Morgan fingerprint density at radius 3 is 2.95 bits per heavy atom. The standard InChI is InChI=1S/C15H19N7/c1-9(16)6-11(17)10-4-5-22(7-10)13-3-2-12-14(21-13)15(18)20-8-19-12/h2-3,8,10,16-17H,4-7H2,1H3,(H2,18,19,20). The van der Waals surface area contributed by atoms with Gasteiger partial charge in [-0.3, -0.25) is 0 Å². The van der Waals surface area contributed by atoms with Crippen LogP contribution in [0.5, 0.6) is 0 Å². The molecule has 0 radical (unpaired) electrons. The van der Waals surface area contributed by atoms with Crippen LogP contribution in [-0.4, -0.2) is 39.5 Å². The van der Waals surface area contributed by atoms with Gasteiger partial charge in [-0.2, -0.15) is 0 Å². The Kier molecular flexibility index (Phi) is 3.70. The van der Waals surface area contributed by atoms with Crippen molar-refractivity contribution in [3.63, 3.8) is 0 Å². The van der Waals surface area contributed by atoms with Gasteiger partial charge in [-0.05, 0) is 25.5 Å². The number of nitrogens with one attached hydrogen (secondary N) is 2. The van der Waals surface area contributed by atoms with Crippen LogP contribution in [0.3, 0.4) is 0 Å². The smallest absolute Gasteiger partial charge is 0.153 e. The first-order valence-electron chi connectivity index (χ1n) is 7.28. The molecule has 0 amide bonds. The van der Waals surface area contributed by atoms with Gasteiger partial charge in [0, 0.05) is 36.9 Å². The molecule has 1 aliphatic heterocycles. The fourth-order valence-electron chi connectivity index (χ4n) is 2.81. The molecule has 2 aromatic heterocycles. The molecule has 1 aliphatic rings. The van der Waals surface area contributed by atoms with Crippen molar-refractivity contribution in [1.29, 1.82) is 10.8 Å². The zero-order chi connectivity index (χ0) is 15.7. The van der Waals surface area contributed by atoms with Crippen molar-refractivity contribution in [1.82, 2.24) is 15.0 Å². The highest BCUT2D eigenvalue weighted by molar-refractivity contribution is 6.02. The Hall–Kier alpha value is -2.57. The van der Waals surface area contributed by atoms with Crippen molar-refractivity contribution in [3.8, 4) is 0 Å². The van der Waals surface area contributed by atoms with Crippen molar-refractivity contribution in [3.05, 3.63) is 18.5 Å². The maximum absolute atomic E-state index is 8.11. The molecule has 2 aromatic rings. The van der Waals surface area contributed by atoms with Crippen LogP contribution in [0.15, 0.2) is 18.5 Å². The van der Waals surface area contributed by atoms with Gasteiger partial charge in [-0.25, -0.2) is 15.0 Å². The van der Waals surface area contributed by atoms with Crippen LogP contribution in [0.25, 0.3) is 11.0 Å². The fraction of sp³-hybridized carbons (Fsp3) is 0.400. The number of nitrogens with two attached hydrogens (primary N) is 1. The van der Waals surface area contributed by atoms with Crippen LogP contribution < -0.4 is 10.6 Å². The second-order valence-corrected chi connectivity index (χ2v) is 5.71. The maximum Gasteiger partial charge on any atom is 0.153 e. The minimum absolute atomic E-state index is 0.196. The van der Waals surface area contributed by atoms with E-state index in [4.69, 9.17) is 16.6 Å². The van der Waals surface area contributed by atoms with E-state index < -0.39 is 0 Å². The SMILES string of the molecule is CC(=N)CC(=N)C1CCN(c2ccc3ncnc(N)c3n2)C1. The number of pyridine rings is 1. The summed E-state index contributed by atoms with van der Waals surface area (Å²) in [5.41, 5.74) is 8.40. The molecule has 22 heavy (non-hydrogen) atoms. The van der Waals surface area contributed by atoms with E-state index in [9.17, 15) is 0 Å². The lowest BCUT2D eigenvalue weighted by atomic mass is 9.98. The predicted molar refractivity (Wildman–Crippen MR) is 87.8 cm³/mol. The Balaban J connectivity index is 1.80. The van der Waals surface area contributed by atoms with E-state index >= 15 is 0 Å². The molecular formula is C15H19N7. The van der Waals surface area contributed by atoms with Gasteiger partial charge in [0.25, 0.3) is 0 Å². The Labute approximate surface area is 128 Å². The van der Waals surface area contributed by atoms with E-state index in [0.717, 1.165) is 30.8 Å². The summed E-state index contributed by atoms with van der Waals surface area (Å²) in [6, 6.07) is 3.83. The second-order valence-electron chi connectivity index (χ2n) is 5.71. The Morgan fingerprint density at radius 1 is 1.36 bits per heavy atom. The van der Waals surface area contributed by atoms with Gasteiger partial charge in [0.1, 0.15) is 17.7 Å². The molecule has 0 bridgehead atoms. The third kappa shape index (κ3) is 2.74. The van der Waals surface area contributed by atoms with Crippen LogP contribution in [0.2, 0.25) is 0 Å². The quantitative estimate of drug-likeness (QED) is 0.745. The van der Waals surface area contributed by atoms with Gasteiger partial charge in [0.15, 0.2) is 5.82 Å². The van der Waals surface area contributed by atoms with E-state index in [1.165, 1.54) is 6.33 Å². The molecule has 0 aliphatic carbocycles. The molecule has 1 unspecified atom stereocenters. The van der Waals surface area contributed by atoms with Gasteiger partial charge < -0.3 is 21.5 Å². The molecule has 7 nitrogen and oxygen atoms in total. The molecule has 0 aromatic carbocycles. The van der Waals surface area contributed by atoms with E-state index in [-0.39, 0.29) is 5.92 Å². The number of rotatable bonds is 4. The zero-order valence-electron chi connectivity index (χ0n) is 12.5. The molecule has 3 rings (SSSR count). The van der Waals surface area contributed by atoms with Gasteiger partial charge in [0.2, 0.25) is 0 Å². The highest BCUT2D eigenvalue weighted by atomic mass is 15.2. The number of fused-ring (bicyclic) bond motifs is 1. The number of hydrogen-bond donors (Lipinski definition) is 3. The lowest BCUT2D eigenvalue weighted by molar-refractivity contribution is 0.768. The highest BCUT2D eigenvalue weighted by Crippen LogP contribution is 2.26. The minimum atomic E-state index is 0.196. The number of aromatic nitrogens is 3. The second kappa shape index (κ2) is 5.67. The Morgan fingerprint density at radius 2 is 2.18 bits per heavy atom. The monoisotopic (exact) mass is 297 g/mol. The summed E-state index contributed by atoms with van der Waals surface area (Å²) >= 11 is 0. The predicted octanol–water partition coefficient (Wildman–Crippen LogP) is 1.88. The van der Waals surface area contributed by atoms with Crippen molar-refractivity contribution < 1.29 is 0 Å². The summed E-state index contributed by atoms with van der Waals surface area (Å²) in [4.78, 5) is 14.9. The van der Waals surface area contributed by atoms with Gasteiger partial charge >= 0.3 is 0 Å². The summed E-state index contributed by atoms with van der Waals surface area (Å²) in [5, 5.41) is 15.6. The summed E-state index contributed by atoms with van der Waals surface area (Å²) in [7, 11) is 0. The van der Waals surface area contributed by atoms with Crippen molar-refractivity contribution >= 4 is 34.1 Å². The van der Waals surface area contributed by atoms with Crippen LogP contribution in [0, 0.1) is 16.7 Å². The molecular weight excluding hydrogens is 278 g/mol. The van der Waals surface area contributed by atoms with E-state index in [1.807, 2.05) is 12.1 Å². The van der Waals surface area contributed by atoms with Crippen LogP contribution >= 0.6 is 0 Å². The highest BCUT2D eigenvalue weighted by Gasteiger charge is 2.27. The molecule has 3 heterocycles. The molecule has 1 fully saturated rings. The molecule has 114 valence electrons. The third-order valence-electron chi connectivity index (χ3n) is 3.96. The lowest BCUT2D eigenvalue weighted by Gasteiger charge is -2.18. The van der Waals surface area contributed by atoms with Crippen LogP contribution in [0.1, 0.15) is 19.8 Å². The third-order valence-corrected chi connectivity index (χ3v) is 3.96. The maximum atomic E-state index is 8.11. The van der Waals surface area contributed by atoms with Crippen LogP contribution in [0.4, 0.5) is 11.6 Å². The van der Waals surface area contributed by atoms with E-state index in [2.05, 4.69) is 19.9 Å². The molecule has 0 saturated carbocycles. The first-order chi connectivity index (χ1) is 10.5.